The minimum absolute atomic E-state index is 0.0252. The topological polar surface area (TPSA) is 110 Å². The van der Waals surface area contributed by atoms with Crippen LogP contribution in [0.15, 0.2) is 0 Å². The Kier molecular flexibility index (Phi) is 7.57. The monoisotopic (exact) mass is 523 g/mol. The van der Waals surface area contributed by atoms with E-state index in [1.807, 2.05) is 13.8 Å². The van der Waals surface area contributed by atoms with E-state index in [1.165, 1.54) is 0 Å². The van der Waals surface area contributed by atoms with Gasteiger partial charge in [-0.15, -0.1) is 0 Å². The fraction of sp³-hybridized carbons (Fsp3) is 0.889. The fourth-order valence-electron chi connectivity index (χ4n) is 7.22. The van der Waals surface area contributed by atoms with Gasteiger partial charge in [-0.05, 0) is 57.8 Å². The third-order valence-corrected chi connectivity index (χ3v) is 9.28. The van der Waals surface area contributed by atoms with Crippen molar-refractivity contribution in [3.8, 4) is 0 Å². The van der Waals surface area contributed by atoms with E-state index in [0.717, 1.165) is 25.7 Å². The molecule has 0 unspecified atom stereocenters. The number of esters is 2. The Bertz CT molecular complexity index is 897. The summed E-state index contributed by atoms with van der Waals surface area (Å²) >= 11 is 0. The number of likely N-dealkylation sites (tertiary alicyclic amines) is 1. The first-order valence-electron chi connectivity index (χ1n) is 14.0. The first-order valence-corrected chi connectivity index (χ1v) is 14.0. The Morgan fingerprint density at radius 2 is 1.84 bits per heavy atom. The summed E-state index contributed by atoms with van der Waals surface area (Å²) in [7, 11) is 0. The Morgan fingerprint density at radius 1 is 1.03 bits per heavy atom. The molecule has 6 rings (SSSR count). The van der Waals surface area contributed by atoms with E-state index in [2.05, 4.69) is 6.92 Å². The number of piperidine rings is 1. The number of amides is 1. The van der Waals surface area contributed by atoms with Crippen LogP contribution in [0.1, 0.15) is 79.1 Å². The minimum atomic E-state index is -0.894. The van der Waals surface area contributed by atoms with Crippen LogP contribution in [0.2, 0.25) is 0 Å². The number of ether oxygens (including phenoxy) is 4. The molecule has 1 spiro atoms. The normalized spacial score (nSPS) is 42.9. The maximum absolute atomic E-state index is 12.8. The van der Waals surface area contributed by atoms with Gasteiger partial charge < -0.3 is 23.8 Å². The van der Waals surface area contributed by atoms with Crippen molar-refractivity contribution in [3.05, 3.63) is 0 Å². The zero-order chi connectivity index (χ0) is 26.4. The third-order valence-electron chi connectivity index (χ3n) is 9.28. The van der Waals surface area contributed by atoms with Crippen LogP contribution in [0.5, 0.6) is 0 Å². The molecule has 10 nitrogen and oxygen atoms in total. The third kappa shape index (κ3) is 4.90. The zero-order valence-electron chi connectivity index (χ0n) is 22.4. The summed E-state index contributed by atoms with van der Waals surface area (Å²) in [6.07, 6.45) is 3.57. The number of carbonyl (C=O) groups excluding carboxylic acids is 3. The molecular weight excluding hydrogens is 482 g/mol. The maximum Gasteiger partial charge on any atom is 0.310 e. The molecule has 9 atom stereocenters. The first kappa shape index (κ1) is 26.8. The summed E-state index contributed by atoms with van der Waals surface area (Å²) in [4.78, 5) is 51.3. The van der Waals surface area contributed by atoms with Crippen molar-refractivity contribution in [2.75, 3.05) is 19.7 Å². The van der Waals surface area contributed by atoms with Gasteiger partial charge in [0.05, 0.1) is 18.9 Å². The standard InChI is InChI=1S/C27H41NO9/c1-5-32-23(31)18-7-6-14-28(15-18)21(29)10-11-22(30)33-24-17(3)20-9-8-16(2)19-12-13-26(4)35-25(34-24)27(19,20)37-36-26/h16-20,24-25H,5-15H2,1-4H3/t16-,17-,18-,19-,20+,24-,25-,26+,27-/m1/s1. The van der Waals surface area contributed by atoms with Gasteiger partial charge in [0.2, 0.25) is 18.0 Å². The first-order chi connectivity index (χ1) is 17.7. The molecule has 1 amide bonds. The molecule has 37 heavy (non-hydrogen) atoms. The number of nitrogens with zero attached hydrogens (tertiary/aromatic N) is 1. The molecule has 0 aromatic carbocycles. The summed E-state index contributed by atoms with van der Waals surface area (Å²) in [5.41, 5.74) is -0.713. The average molecular weight is 524 g/mol. The van der Waals surface area contributed by atoms with Gasteiger partial charge in [0, 0.05) is 37.8 Å². The average Bonchev–Trinajstić information content (AvgIpc) is 3.11. The lowest BCUT2D eigenvalue weighted by Crippen LogP contribution is -2.70. The van der Waals surface area contributed by atoms with Crippen LogP contribution in [0.3, 0.4) is 0 Å². The second-order valence-electron chi connectivity index (χ2n) is 11.7. The molecule has 6 aliphatic rings. The van der Waals surface area contributed by atoms with Crippen LogP contribution in [0.25, 0.3) is 0 Å². The van der Waals surface area contributed by atoms with Crippen LogP contribution >= 0.6 is 0 Å². The van der Waals surface area contributed by atoms with Crippen molar-refractivity contribution >= 4 is 17.8 Å². The van der Waals surface area contributed by atoms with Gasteiger partial charge in [-0.25, -0.2) is 9.78 Å². The molecule has 0 N–H and O–H groups in total. The van der Waals surface area contributed by atoms with Gasteiger partial charge in [-0.1, -0.05) is 13.8 Å². The number of carbonyl (C=O) groups is 3. The minimum Gasteiger partial charge on any atom is -0.466 e. The largest absolute Gasteiger partial charge is 0.466 e. The molecule has 5 saturated heterocycles. The molecule has 5 aliphatic heterocycles. The molecule has 0 aromatic heterocycles. The van der Waals surface area contributed by atoms with E-state index in [-0.39, 0.29) is 48.4 Å². The highest BCUT2D eigenvalue weighted by molar-refractivity contribution is 5.82. The smallest absolute Gasteiger partial charge is 0.310 e. The van der Waals surface area contributed by atoms with Crippen LogP contribution in [-0.2, 0) is 43.1 Å². The van der Waals surface area contributed by atoms with Crippen molar-refractivity contribution in [1.82, 2.24) is 4.90 Å². The SMILES string of the molecule is CCOC(=O)[C@@H]1CCCN(C(=O)CCC(=O)O[C@@H]2O[C@@H]3O[C@]4(C)CC[C@@H]5[C@H](C)CC[C@@H]([C@H]2C)[C@@]35OO4)C1. The van der Waals surface area contributed by atoms with Crippen LogP contribution in [0.4, 0.5) is 0 Å². The van der Waals surface area contributed by atoms with Crippen molar-refractivity contribution in [3.63, 3.8) is 0 Å². The second kappa shape index (κ2) is 10.4. The second-order valence-corrected chi connectivity index (χ2v) is 11.7. The molecule has 6 fully saturated rings. The number of rotatable bonds is 6. The summed E-state index contributed by atoms with van der Waals surface area (Å²) in [6, 6.07) is 0. The molecule has 0 aromatic rings. The lowest BCUT2D eigenvalue weighted by atomic mass is 9.58. The molecule has 1 saturated carbocycles. The fourth-order valence-corrected chi connectivity index (χ4v) is 7.22. The summed E-state index contributed by atoms with van der Waals surface area (Å²) < 4.78 is 23.5. The van der Waals surface area contributed by atoms with Crippen molar-refractivity contribution < 1.29 is 43.1 Å². The van der Waals surface area contributed by atoms with Gasteiger partial charge in [-0.3, -0.25) is 14.4 Å². The lowest BCUT2D eigenvalue weighted by Gasteiger charge is -2.59. The Labute approximate surface area is 218 Å². The highest BCUT2D eigenvalue weighted by Gasteiger charge is 2.69. The molecule has 2 bridgehead atoms. The molecule has 1 aliphatic carbocycles. The Morgan fingerprint density at radius 3 is 2.62 bits per heavy atom. The van der Waals surface area contributed by atoms with E-state index in [0.29, 0.717) is 38.5 Å². The predicted molar refractivity (Wildman–Crippen MR) is 128 cm³/mol. The van der Waals surface area contributed by atoms with Gasteiger partial charge in [0.15, 0.2) is 11.9 Å². The van der Waals surface area contributed by atoms with Gasteiger partial charge in [0.25, 0.3) is 0 Å². The highest BCUT2D eigenvalue weighted by Crippen LogP contribution is 2.60. The van der Waals surface area contributed by atoms with E-state index >= 15 is 0 Å². The molecular formula is C27H41NO9. The Balaban J connectivity index is 1.19. The van der Waals surface area contributed by atoms with Crippen molar-refractivity contribution in [2.45, 2.75) is 103 Å². The number of hydrogen-bond acceptors (Lipinski definition) is 9. The number of hydrogen-bond donors (Lipinski definition) is 0. The van der Waals surface area contributed by atoms with E-state index in [9.17, 15) is 14.4 Å². The number of fused-ring (bicyclic) bond motifs is 2. The van der Waals surface area contributed by atoms with Gasteiger partial charge >= 0.3 is 11.9 Å². The molecule has 5 heterocycles. The predicted octanol–water partition coefficient (Wildman–Crippen LogP) is 3.32. The maximum atomic E-state index is 12.8. The quantitative estimate of drug-likeness (QED) is 0.382. The van der Waals surface area contributed by atoms with Crippen LogP contribution in [0, 0.1) is 29.6 Å². The summed E-state index contributed by atoms with van der Waals surface area (Å²) in [5, 5.41) is 0. The summed E-state index contributed by atoms with van der Waals surface area (Å²) in [6.45, 7) is 9.14. The van der Waals surface area contributed by atoms with E-state index < -0.39 is 29.9 Å². The molecule has 208 valence electrons. The summed E-state index contributed by atoms with van der Waals surface area (Å²) in [5.74, 6) is -1.48. The Hall–Kier alpha value is -1.75. The van der Waals surface area contributed by atoms with Crippen LogP contribution in [-0.4, -0.2) is 66.4 Å². The van der Waals surface area contributed by atoms with Crippen molar-refractivity contribution in [2.24, 2.45) is 29.6 Å². The van der Waals surface area contributed by atoms with Gasteiger partial charge in [0.1, 0.15) is 0 Å². The van der Waals surface area contributed by atoms with Gasteiger partial charge in [-0.2, -0.15) is 0 Å². The van der Waals surface area contributed by atoms with Crippen molar-refractivity contribution in [1.29, 1.82) is 0 Å². The highest BCUT2D eigenvalue weighted by atomic mass is 17.3. The molecule has 10 heteroatoms. The lowest BCUT2D eigenvalue weighted by molar-refractivity contribution is -0.576. The molecule has 0 radical (unpaired) electrons. The van der Waals surface area contributed by atoms with E-state index in [1.54, 1.807) is 11.8 Å². The van der Waals surface area contributed by atoms with E-state index in [4.69, 9.17) is 28.7 Å². The van der Waals surface area contributed by atoms with Crippen LogP contribution < -0.4 is 0 Å². The zero-order valence-corrected chi connectivity index (χ0v) is 22.4.